The van der Waals surface area contributed by atoms with Crippen LogP contribution >= 0.6 is 0 Å². The third-order valence-electron chi connectivity index (χ3n) is 12.8. The van der Waals surface area contributed by atoms with Gasteiger partial charge in [0.05, 0.1) is 47.7 Å². The van der Waals surface area contributed by atoms with Gasteiger partial charge in [-0.3, -0.25) is 55.7 Å². The van der Waals surface area contributed by atoms with E-state index in [9.17, 15) is 58.5 Å². The Morgan fingerprint density at radius 2 is 0.702 bits per heavy atom. The number of hydrogen-bond acceptors (Lipinski definition) is 17. The van der Waals surface area contributed by atoms with Crippen LogP contribution < -0.4 is 45.0 Å². The number of aliphatic hydroxyl groups is 4. The summed E-state index contributed by atoms with van der Waals surface area (Å²) >= 11 is 0. The quantitative estimate of drug-likeness (QED) is 0.0722. The molecule has 0 aliphatic heterocycles. The number of fused-ring (bicyclic) bond motifs is 4. The molecule has 29 heteroatoms. The van der Waals surface area contributed by atoms with E-state index >= 15 is 0 Å². The summed E-state index contributed by atoms with van der Waals surface area (Å²) in [4.78, 5) is 126. The Morgan fingerprint density at radius 1 is 0.476 bits per heavy atom. The van der Waals surface area contributed by atoms with Gasteiger partial charge in [0, 0.05) is 112 Å². The van der Waals surface area contributed by atoms with E-state index < -0.39 is 91.1 Å². The van der Waals surface area contributed by atoms with Crippen LogP contribution in [0.3, 0.4) is 0 Å². The summed E-state index contributed by atoms with van der Waals surface area (Å²) in [5, 5.41) is 31.9. The Bertz CT molecular complexity index is 4290. The maximum Gasteiger partial charge on any atom is 0.332 e. The van der Waals surface area contributed by atoms with Crippen molar-refractivity contribution in [1.29, 1.82) is 1.43 Å². The number of rotatable bonds is 21. The highest BCUT2D eigenvalue weighted by Crippen LogP contribution is 2.09. The van der Waals surface area contributed by atoms with E-state index in [1.807, 2.05) is 0 Å². The summed E-state index contributed by atoms with van der Waals surface area (Å²) in [5.74, 6) is 0.0428. The Morgan fingerprint density at radius 3 is 0.893 bits per heavy atom. The normalized spacial score (nSPS) is 16.7. The minimum absolute atomic E-state index is 0. The van der Waals surface area contributed by atoms with E-state index in [0.29, 0.717) is 64.4 Å². The van der Waals surface area contributed by atoms with Crippen molar-refractivity contribution in [2.24, 2.45) is 56.1 Å². The summed E-state index contributed by atoms with van der Waals surface area (Å²) in [7, 11) is 5.71. The summed E-state index contributed by atoms with van der Waals surface area (Å²) in [6, 6.07) is 0. The van der Waals surface area contributed by atoms with Gasteiger partial charge in [0.25, 0.3) is 22.2 Å². The van der Waals surface area contributed by atoms with Crippen molar-refractivity contribution in [3.05, 3.63) is 109 Å². The molecule has 0 fully saturated rings. The summed E-state index contributed by atoms with van der Waals surface area (Å²) in [6.07, 6.45) is 4.03. The number of aliphatic hydroxyl groups excluding tert-OH is 1. The number of carbonyl (C=O) groups excluding carboxylic acids is 1. The van der Waals surface area contributed by atoms with Crippen molar-refractivity contribution in [3.8, 4) is 0 Å². The van der Waals surface area contributed by atoms with E-state index in [-0.39, 0.29) is 103 Å². The zero-order valence-electron chi connectivity index (χ0n) is 63.9. The molecule has 29 nitrogen and oxygen atoms in total. The fourth-order valence-electron chi connectivity index (χ4n) is 8.46. The monoisotopic (exact) mass is 1200 g/mol. The van der Waals surface area contributed by atoms with Crippen LogP contribution in [0.25, 0.3) is 44.7 Å². The van der Waals surface area contributed by atoms with Crippen LogP contribution in [0.4, 0.5) is 0 Å². The van der Waals surface area contributed by atoms with E-state index in [1.165, 1.54) is 55.9 Å². The first-order valence-corrected chi connectivity index (χ1v) is 26.3. The average molecular weight is 1200 g/mol. The molecule has 0 spiro atoms. The second kappa shape index (κ2) is 32.2. The van der Waals surface area contributed by atoms with Crippen molar-refractivity contribution < 1.29 is 45.8 Å². The van der Waals surface area contributed by atoms with E-state index in [2.05, 4.69) is 25.0 Å². The zero-order valence-corrected chi connectivity index (χ0v) is 47.9. The van der Waals surface area contributed by atoms with Crippen molar-refractivity contribution in [3.63, 3.8) is 0 Å². The van der Waals surface area contributed by atoms with Gasteiger partial charge in [-0.25, -0.2) is 39.1 Å². The number of aryl methyl sites for hydroxylation is 8. The largest absolute Gasteiger partial charge is 0.397 e. The fraction of sp³-hybridized carbons (Fsp3) is 0.618. The van der Waals surface area contributed by atoms with E-state index in [4.69, 9.17) is 22.0 Å². The number of nitrogens with zero attached hydrogens (tertiary/aromatic N) is 16. The second-order valence-electron chi connectivity index (χ2n) is 19.4. The molecule has 0 amide bonds. The molecule has 0 saturated heterocycles. The van der Waals surface area contributed by atoms with E-state index in [1.54, 1.807) is 6.92 Å². The minimum atomic E-state index is -2.58. The summed E-state index contributed by atoms with van der Waals surface area (Å²) in [6.45, 7) is -2.13. The summed E-state index contributed by atoms with van der Waals surface area (Å²) in [5.41, 5.74) is -5.58. The van der Waals surface area contributed by atoms with Gasteiger partial charge in [0.2, 0.25) is 1.43 Å². The average Bonchev–Trinajstić information content (AvgIpc) is 1.59. The Hall–Kier alpha value is -7.89. The molecule has 466 valence electrons. The standard InChI is InChI=1S/3C13H20N4O3.C13H18N4O3.C2H6O.CH4/c4*1-9(18)6-4-5-7-17-12(19)10-11(14-8-15(10)2)16(3)13(17)20;1-2-3;/h3*8-9,18H,4-7H2,1-3H3;8H,4-7H2,1-3H3;3H,2H2,1H3;1H4/t2*9-;;;;/m10..../s1/i3*2D3,9D;2D3;3D;. The lowest BCUT2D eigenvalue weighted by Gasteiger charge is -2.09. The van der Waals surface area contributed by atoms with Crippen LogP contribution in [-0.4, -0.2) is 127 Å². The lowest BCUT2D eigenvalue weighted by atomic mass is 10.2. The molecule has 8 aromatic heterocycles. The molecule has 0 saturated carbocycles. The number of unbranched alkanes of at least 4 members (excludes halogenated alkanes) is 4. The SMILES string of the molecule is C.[2H]C(C)(O)CCCCn1c(=O)c2c(ncn2C([2H])([2H])[2H])n(C)c1=O.[2H]C([2H])([2H])n1cnc2c1c(=O)n(CCCCC(C)=O)c(=O)n2C.[2H]C([2H])([2H])n1cnc2c1c(=O)n(CCCC[C@@]([2H])(C)O)c(=O)n2C.[2H]C([2H])([2H])n1cnc2c1c(=O)n(CCCC[C@]([2H])(C)O)c(=O)n2C.[2H]OCC. The topological polar surface area (TPSA) is 345 Å². The molecular weight excluding hydrogens is 1090 g/mol. The predicted molar refractivity (Wildman–Crippen MR) is 321 cm³/mol. The molecule has 0 aliphatic rings. The third-order valence-corrected chi connectivity index (χ3v) is 12.8. The molecule has 0 bridgehead atoms. The first-order valence-electron chi connectivity index (χ1n) is 34.2. The van der Waals surface area contributed by atoms with Gasteiger partial charge < -0.3 is 43.5 Å². The van der Waals surface area contributed by atoms with Crippen LogP contribution in [-0.2, 0) is 87.1 Å². The molecule has 8 heterocycles. The number of Topliss-reactive ketones (excluding diaryl/α,β-unsaturated/α-hetero) is 1. The predicted octanol–water partition coefficient (Wildman–Crippen LogP) is 0.782. The molecule has 3 atom stereocenters. The Labute approximate surface area is 506 Å². The highest BCUT2D eigenvalue weighted by atomic mass is 16.3. The molecule has 8 aromatic rings. The van der Waals surface area contributed by atoms with Crippen molar-refractivity contribution in [2.45, 2.75) is 164 Å². The lowest BCUT2D eigenvalue weighted by molar-refractivity contribution is -0.117. The number of aromatic nitrogens is 16. The molecule has 0 aliphatic carbocycles. The van der Waals surface area contributed by atoms with Crippen LogP contribution in [0.15, 0.2) is 63.7 Å². The maximum absolute atomic E-state index is 12.6. The van der Waals surface area contributed by atoms with Gasteiger partial charge in [-0.1, -0.05) is 7.43 Å². The van der Waals surface area contributed by atoms with E-state index in [0.717, 1.165) is 80.1 Å². The minimum Gasteiger partial charge on any atom is -0.397 e. The van der Waals surface area contributed by atoms with Gasteiger partial charge in [-0.2, -0.15) is 0 Å². The second-order valence-corrected chi connectivity index (χ2v) is 19.4. The first kappa shape index (κ1) is 48.5. The van der Waals surface area contributed by atoms with Crippen molar-refractivity contribution in [1.82, 2.24) is 74.7 Å². The molecule has 0 aromatic carbocycles. The molecule has 4 N–H and O–H groups in total. The van der Waals surface area contributed by atoms with Gasteiger partial charge in [0.1, 0.15) is 5.78 Å². The molecule has 8 rings (SSSR count). The van der Waals surface area contributed by atoms with Gasteiger partial charge in [-0.05, 0) is 105 Å². The van der Waals surface area contributed by atoms with Gasteiger partial charge >= 0.3 is 22.8 Å². The highest BCUT2D eigenvalue weighted by molar-refractivity contribution is 5.75. The fourth-order valence-corrected chi connectivity index (χ4v) is 8.46. The lowest BCUT2D eigenvalue weighted by Crippen LogP contribution is -2.39. The number of ketones is 1. The summed E-state index contributed by atoms with van der Waals surface area (Å²) < 4.78 is 129. The van der Waals surface area contributed by atoms with Crippen LogP contribution in [0.5, 0.6) is 0 Å². The van der Waals surface area contributed by atoms with Gasteiger partial charge in [0.15, 0.2) is 44.7 Å². The van der Waals surface area contributed by atoms with Crippen LogP contribution in [0, 0.1) is 0 Å². The molecule has 84 heavy (non-hydrogen) atoms. The van der Waals surface area contributed by atoms with Crippen molar-refractivity contribution in [2.75, 3.05) is 6.61 Å². The third kappa shape index (κ3) is 17.1. The van der Waals surface area contributed by atoms with Crippen LogP contribution in [0.1, 0.15) is 140 Å². The molecular formula is C55H88N16O13. The number of carbonyl (C=O) groups is 1. The Balaban J connectivity index is 0.000000339. The smallest absolute Gasteiger partial charge is 0.332 e. The van der Waals surface area contributed by atoms with Crippen LogP contribution in [0.2, 0.25) is 0 Å². The van der Waals surface area contributed by atoms with Gasteiger partial charge in [-0.15, -0.1) is 0 Å². The molecule has 1 unspecified atom stereocenters. The zero-order chi connectivity index (χ0) is 75.6. The van der Waals surface area contributed by atoms with Crippen molar-refractivity contribution >= 4 is 50.4 Å². The Kier molecular flexibility index (Phi) is 18.6. The maximum atomic E-state index is 12.6. The number of hydrogen-bond donors (Lipinski definition) is 4. The molecule has 0 radical (unpaired) electrons. The first-order chi connectivity index (χ1) is 45.4. The highest BCUT2D eigenvalue weighted by Gasteiger charge is 2.18. The number of imidazole rings is 4.